The van der Waals surface area contributed by atoms with Gasteiger partial charge in [-0.25, -0.2) is 4.39 Å². The number of carbonyl (C=O) groups is 1. The molecule has 22 heavy (non-hydrogen) atoms. The zero-order valence-electron chi connectivity index (χ0n) is 12.6. The van der Waals surface area contributed by atoms with Crippen molar-refractivity contribution in [3.05, 3.63) is 71.5 Å². The molecule has 1 amide bonds. The molecule has 0 fully saturated rings. The van der Waals surface area contributed by atoms with Crippen molar-refractivity contribution < 1.29 is 9.18 Å². The molecule has 0 saturated carbocycles. The third-order valence-electron chi connectivity index (χ3n) is 3.35. The third-order valence-corrected chi connectivity index (χ3v) is 4.50. The maximum atomic E-state index is 12.8. The largest absolute Gasteiger partial charge is 0.351 e. The average Bonchev–Trinajstić information content (AvgIpc) is 2.55. The summed E-state index contributed by atoms with van der Waals surface area (Å²) in [5.41, 5.74) is 2.19. The molecule has 0 saturated heterocycles. The third kappa shape index (κ3) is 5.53. The van der Waals surface area contributed by atoms with E-state index in [0.29, 0.717) is 6.54 Å². The van der Waals surface area contributed by atoms with E-state index in [1.54, 1.807) is 23.9 Å². The number of nitrogens with one attached hydrogen (secondary N) is 1. The van der Waals surface area contributed by atoms with E-state index in [2.05, 4.69) is 17.4 Å². The Labute approximate surface area is 135 Å². The van der Waals surface area contributed by atoms with E-state index in [1.165, 1.54) is 17.7 Å². The highest BCUT2D eigenvalue weighted by molar-refractivity contribution is 8.00. The molecule has 2 nitrogen and oxygen atoms in total. The molecule has 1 unspecified atom stereocenters. The minimum Gasteiger partial charge on any atom is -0.351 e. The van der Waals surface area contributed by atoms with Gasteiger partial charge in [-0.3, -0.25) is 4.79 Å². The highest BCUT2D eigenvalue weighted by Gasteiger charge is 2.12. The van der Waals surface area contributed by atoms with Crippen molar-refractivity contribution in [2.45, 2.75) is 25.1 Å². The minimum absolute atomic E-state index is 0.0161. The molecule has 0 aliphatic rings. The standard InChI is InChI=1S/C18H20FNOS/c1-14(22-12-11-15-5-3-2-4-6-15)18(21)20-13-16-7-9-17(19)10-8-16/h2-10,14H,11-13H2,1H3,(H,20,21). The monoisotopic (exact) mass is 317 g/mol. The van der Waals surface area contributed by atoms with E-state index in [9.17, 15) is 9.18 Å². The van der Waals surface area contributed by atoms with Gasteiger partial charge in [-0.15, -0.1) is 11.8 Å². The maximum Gasteiger partial charge on any atom is 0.233 e. The highest BCUT2D eigenvalue weighted by atomic mass is 32.2. The lowest BCUT2D eigenvalue weighted by Crippen LogP contribution is -2.30. The first-order valence-electron chi connectivity index (χ1n) is 7.33. The molecule has 1 atom stereocenters. The summed E-state index contributed by atoms with van der Waals surface area (Å²) in [5.74, 6) is 0.664. The molecule has 4 heteroatoms. The predicted octanol–water partition coefficient (Wildman–Crippen LogP) is 3.81. The van der Waals surface area contributed by atoms with Gasteiger partial charge in [0, 0.05) is 6.54 Å². The van der Waals surface area contributed by atoms with Crippen LogP contribution in [0.3, 0.4) is 0 Å². The molecule has 2 aromatic carbocycles. The second-order valence-corrected chi connectivity index (χ2v) is 6.54. The summed E-state index contributed by atoms with van der Waals surface area (Å²) in [5, 5.41) is 2.79. The van der Waals surface area contributed by atoms with Crippen LogP contribution in [0, 0.1) is 5.82 Å². The number of halogens is 1. The number of rotatable bonds is 7. The van der Waals surface area contributed by atoms with E-state index < -0.39 is 0 Å². The van der Waals surface area contributed by atoms with Gasteiger partial charge in [0.2, 0.25) is 5.91 Å². The Bertz CT molecular complexity index is 586. The van der Waals surface area contributed by atoms with Crippen LogP contribution in [-0.4, -0.2) is 16.9 Å². The molecule has 0 heterocycles. The Hall–Kier alpha value is -1.81. The number of thioether (sulfide) groups is 1. The van der Waals surface area contributed by atoms with E-state index in [1.807, 2.05) is 25.1 Å². The fourth-order valence-electron chi connectivity index (χ4n) is 2.01. The van der Waals surface area contributed by atoms with Gasteiger partial charge in [0.1, 0.15) is 5.82 Å². The Morgan fingerprint density at radius 3 is 2.45 bits per heavy atom. The smallest absolute Gasteiger partial charge is 0.233 e. The van der Waals surface area contributed by atoms with Crippen LogP contribution in [0.15, 0.2) is 54.6 Å². The van der Waals surface area contributed by atoms with Crippen molar-refractivity contribution in [2.24, 2.45) is 0 Å². The fourth-order valence-corrected chi connectivity index (χ4v) is 2.95. The summed E-state index contributed by atoms with van der Waals surface area (Å²) in [6.07, 6.45) is 0.959. The predicted molar refractivity (Wildman–Crippen MR) is 90.3 cm³/mol. The van der Waals surface area contributed by atoms with Gasteiger partial charge >= 0.3 is 0 Å². The summed E-state index contributed by atoms with van der Waals surface area (Å²) in [6.45, 7) is 2.35. The Morgan fingerprint density at radius 2 is 1.77 bits per heavy atom. The first kappa shape index (κ1) is 16.6. The van der Waals surface area contributed by atoms with Gasteiger partial charge in [0.15, 0.2) is 0 Å². The fraction of sp³-hybridized carbons (Fsp3) is 0.278. The normalized spacial score (nSPS) is 11.9. The topological polar surface area (TPSA) is 29.1 Å². The van der Waals surface area contributed by atoms with Gasteiger partial charge in [-0.1, -0.05) is 42.5 Å². The summed E-state index contributed by atoms with van der Waals surface area (Å²) in [6, 6.07) is 16.4. The summed E-state index contributed by atoms with van der Waals surface area (Å²) >= 11 is 1.64. The second-order valence-electron chi connectivity index (χ2n) is 5.09. The van der Waals surface area contributed by atoms with Crippen molar-refractivity contribution in [3.8, 4) is 0 Å². The van der Waals surface area contributed by atoms with Crippen LogP contribution in [0.1, 0.15) is 18.1 Å². The van der Waals surface area contributed by atoms with Crippen LogP contribution in [-0.2, 0) is 17.8 Å². The van der Waals surface area contributed by atoms with Gasteiger partial charge in [-0.05, 0) is 42.4 Å². The molecule has 0 aliphatic heterocycles. The van der Waals surface area contributed by atoms with Crippen molar-refractivity contribution in [3.63, 3.8) is 0 Å². The van der Waals surface area contributed by atoms with Gasteiger partial charge < -0.3 is 5.32 Å². The first-order valence-corrected chi connectivity index (χ1v) is 8.37. The first-order chi connectivity index (χ1) is 10.6. The van der Waals surface area contributed by atoms with Gasteiger partial charge in [-0.2, -0.15) is 0 Å². The van der Waals surface area contributed by atoms with Crippen molar-refractivity contribution in [1.82, 2.24) is 5.32 Å². The van der Waals surface area contributed by atoms with E-state index in [-0.39, 0.29) is 17.0 Å². The zero-order chi connectivity index (χ0) is 15.8. The number of amides is 1. The lowest BCUT2D eigenvalue weighted by molar-refractivity contribution is -0.120. The quantitative estimate of drug-likeness (QED) is 0.841. The summed E-state index contributed by atoms with van der Waals surface area (Å²) in [4.78, 5) is 12.0. The molecule has 0 aliphatic carbocycles. The molecule has 2 aromatic rings. The van der Waals surface area contributed by atoms with E-state index in [0.717, 1.165) is 17.7 Å². The number of aryl methyl sites for hydroxylation is 1. The van der Waals surface area contributed by atoms with Crippen LogP contribution in [0.5, 0.6) is 0 Å². The molecule has 116 valence electrons. The molecule has 1 N–H and O–H groups in total. The van der Waals surface area contributed by atoms with Crippen LogP contribution in [0.4, 0.5) is 4.39 Å². The van der Waals surface area contributed by atoms with Crippen molar-refractivity contribution in [2.75, 3.05) is 5.75 Å². The Balaban J connectivity index is 1.69. The maximum absolute atomic E-state index is 12.8. The number of hydrogen-bond acceptors (Lipinski definition) is 2. The second kappa shape index (κ2) is 8.59. The van der Waals surface area contributed by atoms with Gasteiger partial charge in [0.25, 0.3) is 0 Å². The van der Waals surface area contributed by atoms with Crippen LogP contribution < -0.4 is 5.32 Å². The molecule has 2 rings (SSSR count). The molecule has 0 spiro atoms. The van der Waals surface area contributed by atoms with Crippen molar-refractivity contribution >= 4 is 17.7 Å². The molecule has 0 radical (unpaired) electrons. The van der Waals surface area contributed by atoms with Gasteiger partial charge in [0.05, 0.1) is 5.25 Å². The zero-order valence-corrected chi connectivity index (χ0v) is 13.4. The highest BCUT2D eigenvalue weighted by Crippen LogP contribution is 2.13. The Morgan fingerprint density at radius 1 is 1.09 bits per heavy atom. The van der Waals surface area contributed by atoms with E-state index in [4.69, 9.17) is 0 Å². The molecular weight excluding hydrogens is 297 g/mol. The van der Waals surface area contributed by atoms with E-state index >= 15 is 0 Å². The SMILES string of the molecule is CC(SCCc1ccccc1)C(=O)NCc1ccc(F)cc1. The summed E-state index contributed by atoms with van der Waals surface area (Å²) in [7, 11) is 0. The number of carbonyl (C=O) groups excluding carboxylic acids is 1. The van der Waals surface area contributed by atoms with Crippen LogP contribution >= 0.6 is 11.8 Å². The lowest BCUT2D eigenvalue weighted by Gasteiger charge is -2.12. The van der Waals surface area contributed by atoms with Crippen LogP contribution in [0.25, 0.3) is 0 Å². The molecular formula is C18H20FNOS. The minimum atomic E-state index is -0.264. The van der Waals surface area contributed by atoms with Crippen molar-refractivity contribution in [1.29, 1.82) is 0 Å². The van der Waals surface area contributed by atoms with Crippen LogP contribution in [0.2, 0.25) is 0 Å². The Kier molecular flexibility index (Phi) is 6.46. The average molecular weight is 317 g/mol. The number of hydrogen-bond donors (Lipinski definition) is 1. The molecule has 0 bridgehead atoms. The lowest BCUT2D eigenvalue weighted by atomic mass is 10.2. The molecule has 0 aromatic heterocycles. The number of benzene rings is 2. The summed E-state index contributed by atoms with van der Waals surface area (Å²) < 4.78 is 12.8.